The van der Waals surface area contributed by atoms with Crippen molar-refractivity contribution in [2.45, 2.75) is 19.4 Å². The van der Waals surface area contributed by atoms with Crippen LogP contribution in [0, 0.1) is 11.3 Å². The zero-order valence-electron chi connectivity index (χ0n) is 20.6. The van der Waals surface area contributed by atoms with E-state index in [-0.39, 0.29) is 12.6 Å². The number of ether oxygens (including phenoxy) is 2. The van der Waals surface area contributed by atoms with Gasteiger partial charge in [-0.05, 0) is 55.3 Å². The van der Waals surface area contributed by atoms with Crippen LogP contribution in [0.3, 0.4) is 0 Å². The second-order valence-corrected chi connectivity index (χ2v) is 8.69. The third kappa shape index (κ3) is 5.78. The molecule has 0 aliphatic carbocycles. The zero-order chi connectivity index (χ0) is 25.5. The minimum atomic E-state index is -0.624. The molecule has 2 aliphatic heterocycles. The maximum absolute atomic E-state index is 13.1. The summed E-state index contributed by atoms with van der Waals surface area (Å²) in [6, 6.07) is 16.1. The lowest BCUT2D eigenvalue weighted by atomic mass is 9.95. The lowest BCUT2D eigenvalue weighted by Gasteiger charge is -2.32. The number of nitrogens with zero attached hydrogens (tertiary/aromatic N) is 3. The van der Waals surface area contributed by atoms with E-state index in [2.05, 4.69) is 26.5 Å². The topological polar surface area (TPSA) is 107 Å². The summed E-state index contributed by atoms with van der Waals surface area (Å²) < 4.78 is 10.6. The molecule has 2 heterocycles. The number of amides is 2. The summed E-state index contributed by atoms with van der Waals surface area (Å²) in [6.45, 7) is 5.69. The Kier molecular flexibility index (Phi) is 8.08. The van der Waals surface area contributed by atoms with E-state index < -0.39 is 12.0 Å². The highest BCUT2D eigenvalue weighted by Gasteiger charge is 2.34. The Hall–Kier alpha value is -4.03. The fourth-order valence-electron chi connectivity index (χ4n) is 4.60. The van der Waals surface area contributed by atoms with Gasteiger partial charge < -0.3 is 25.0 Å². The molecule has 0 spiro atoms. The zero-order valence-corrected chi connectivity index (χ0v) is 20.6. The van der Waals surface area contributed by atoms with Crippen molar-refractivity contribution >= 4 is 17.7 Å². The van der Waals surface area contributed by atoms with Crippen molar-refractivity contribution in [1.82, 2.24) is 15.5 Å². The summed E-state index contributed by atoms with van der Waals surface area (Å²) in [5.41, 5.74) is 3.47. The average molecular weight is 490 g/mol. The van der Waals surface area contributed by atoms with Crippen molar-refractivity contribution < 1.29 is 19.1 Å². The summed E-state index contributed by atoms with van der Waals surface area (Å²) in [5, 5.41) is 14.8. The molecule has 2 aliphatic rings. The van der Waals surface area contributed by atoms with E-state index in [9.17, 15) is 9.59 Å². The Labute approximate surface area is 211 Å². The Morgan fingerprint density at radius 1 is 1.08 bits per heavy atom. The minimum Gasteiger partial charge on any atom is -0.497 e. The lowest BCUT2D eigenvalue weighted by molar-refractivity contribution is -0.139. The van der Waals surface area contributed by atoms with Crippen LogP contribution in [0.25, 0.3) is 0 Å². The number of esters is 1. The number of hydrogen-bond acceptors (Lipinski definition) is 7. The summed E-state index contributed by atoms with van der Waals surface area (Å²) in [7, 11) is 1.59. The van der Waals surface area contributed by atoms with Gasteiger partial charge >= 0.3 is 12.0 Å². The largest absolute Gasteiger partial charge is 0.497 e. The van der Waals surface area contributed by atoms with Crippen LogP contribution in [0.4, 0.5) is 10.5 Å². The van der Waals surface area contributed by atoms with Gasteiger partial charge in [-0.15, -0.1) is 0 Å². The van der Waals surface area contributed by atoms with Gasteiger partial charge in [0.25, 0.3) is 0 Å². The number of benzene rings is 2. The van der Waals surface area contributed by atoms with E-state index in [0.717, 1.165) is 43.9 Å². The van der Waals surface area contributed by atoms with E-state index >= 15 is 0 Å². The maximum atomic E-state index is 13.1. The Morgan fingerprint density at radius 2 is 1.83 bits per heavy atom. The fraction of sp³-hybridized carbons (Fsp3) is 0.370. The van der Waals surface area contributed by atoms with Crippen LogP contribution in [0.5, 0.6) is 5.75 Å². The molecular formula is C27H31N5O4. The number of methoxy groups -OCH3 is 1. The summed E-state index contributed by atoms with van der Waals surface area (Å²) in [6.07, 6.45) is 0.927. The third-order valence-corrected chi connectivity index (χ3v) is 6.43. The van der Waals surface area contributed by atoms with Crippen molar-refractivity contribution in [1.29, 1.82) is 5.26 Å². The first kappa shape index (κ1) is 25.1. The standard InChI is InChI=1S/C27H31N5O4/c1-3-36-26(33)24-23(29-27(34)30-25(24)20-7-11-22(35-2)12-8-20)18-31-13-4-14-32(16-15-31)21-9-5-19(17-28)6-10-21/h5-12,25H,3-4,13-16,18H2,1-2H3,(H2,29,30,34). The molecule has 1 unspecified atom stereocenters. The molecule has 2 amide bonds. The van der Waals surface area contributed by atoms with Gasteiger partial charge in [0.15, 0.2) is 0 Å². The number of carbonyl (C=O) groups excluding carboxylic acids is 2. The summed E-state index contributed by atoms with van der Waals surface area (Å²) >= 11 is 0. The molecule has 0 saturated carbocycles. The predicted octanol–water partition coefficient (Wildman–Crippen LogP) is 2.95. The molecule has 188 valence electrons. The van der Waals surface area contributed by atoms with Crippen molar-refractivity contribution in [2.75, 3.05) is 51.3 Å². The summed E-state index contributed by atoms with van der Waals surface area (Å²) in [4.78, 5) is 30.2. The number of nitriles is 1. The molecular weight excluding hydrogens is 458 g/mol. The molecule has 2 aromatic rings. The van der Waals surface area contributed by atoms with Gasteiger partial charge in [0.05, 0.1) is 37.0 Å². The van der Waals surface area contributed by atoms with E-state index in [0.29, 0.717) is 29.1 Å². The van der Waals surface area contributed by atoms with Gasteiger partial charge in [0.1, 0.15) is 5.75 Å². The van der Waals surface area contributed by atoms with Crippen molar-refractivity contribution in [3.05, 3.63) is 70.9 Å². The molecule has 1 saturated heterocycles. The number of hydrogen-bond donors (Lipinski definition) is 2. The van der Waals surface area contributed by atoms with Crippen molar-refractivity contribution in [3.63, 3.8) is 0 Å². The van der Waals surface area contributed by atoms with E-state index in [1.54, 1.807) is 26.2 Å². The van der Waals surface area contributed by atoms with E-state index in [1.807, 2.05) is 36.4 Å². The number of urea groups is 1. The Balaban J connectivity index is 1.56. The van der Waals surface area contributed by atoms with Crippen LogP contribution < -0.4 is 20.3 Å². The van der Waals surface area contributed by atoms with Gasteiger partial charge in [-0.25, -0.2) is 9.59 Å². The first-order chi connectivity index (χ1) is 17.5. The molecule has 9 nitrogen and oxygen atoms in total. The molecule has 2 aromatic carbocycles. The highest BCUT2D eigenvalue weighted by atomic mass is 16.5. The minimum absolute atomic E-state index is 0.238. The molecule has 1 atom stereocenters. The highest BCUT2D eigenvalue weighted by Crippen LogP contribution is 2.29. The monoisotopic (exact) mass is 489 g/mol. The van der Waals surface area contributed by atoms with Gasteiger partial charge in [-0.2, -0.15) is 5.26 Å². The first-order valence-electron chi connectivity index (χ1n) is 12.1. The number of rotatable bonds is 7. The van der Waals surface area contributed by atoms with Crippen LogP contribution >= 0.6 is 0 Å². The van der Waals surface area contributed by atoms with Crippen LogP contribution in [0.1, 0.15) is 30.5 Å². The van der Waals surface area contributed by atoms with Gasteiger partial charge in [0, 0.05) is 44.1 Å². The van der Waals surface area contributed by atoms with Crippen molar-refractivity contribution in [2.24, 2.45) is 0 Å². The van der Waals surface area contributed by atoms with Crippen molar-refractivity contribution in [3.8, 4) is 11.8 Å². The quantitative estimate of drug-likeness (QED) is 0.576. The molecule has 9 heteroatoms. The van der Waals surface area contributed by atoms with Crippen LogP contribution in [-0.2, 0) is 9.53 Å². The third-order valence-electron chi connectivity index (χ3n) is 6.43. The van der Waals surface area contributed by atoms with Crippen LogP contribution in [-0.4, -0.2) is 63.3 Å². The SMILES string of the molecule is CCOC(=O)C1=C(CN2CCCN(c3ccc(C#N)cc3)CC2)NC(=O)NC1c1ccc(OC)cc1. The number of anilines is 1. The number of nitrogens with one attached hydrogen (secondary N) is 2. The molecule has 0 aromatic heterocycles. The van der Waals surface area contributed by atoms with Gasteiger partial charge in [-0.3, -0.25) is 4.90 Å². The van der Waals surface area contributed by atoms with E-state index in [1.165, 1.54) is 0 Å². The second kappa shape index (κ2) is 11.6. The second-order valence-electron chi connectivity index (χ2n) is 8.69. The summed E-state index contributed by atoms with van der Waals surface area (Å²) in [5.74, 6) is 0.243. The predicted molar refractivity (Wildman–Crippen MR) is 135 cm³/mol. The first-order valence-corrected chi connectivity index (χ1v) is 12.1. The molecule has 0 bridgehead atoms. The van der Waals surface area contributed by atoms with E-state index in [4.69, 9.17) is 14.7 Å². The molecule has 0 radical (unpaired) electrons. The average Bonchev–Trinajstić information content (AvgIpc) is 3.14. The maximum Gasteiger partial charge on any atom is 0.338 e. The molecule has 1 fully saturated rings. The Morgan fingerprint density at radius 3 is 2.50 bits per heavy atom. The fourth-order valence-corrected chi connectivity index (χ4v) is 4.60. The molecule has 2 N–H and O–H groups in total. The van der Waals surface area contributed by atoms with Gasteiger partial charge in [-0.1, -0.05) is 12.1 Å². The Bertz CT molecular complexity index is 1150. The highest BCUT2D eigenvalue weighted by molar-refractivity contribution is 5.95. The molecule has 36 heavy (non-hydrogen) atoms. The van der Waals surface area contributed by atoms with Gasteiger partial charge in [0.2, 0.25) is 0 Å². The smallest absolute Gasteiger partial charge is 0.338 e. The normalized spacial score (nSPS) is 18.5. The molecule has 4 rings (SSSR count). The van der Waals surface area contributed by atoms with Crippen LogP contribution in [0.15, 0.2) is 59.8 Å². The van der Waals surface area contributed by atoms with Crippen LogP contribution in [0.2, 0.25) is 0 Å². The lowest BCUT2D eigenvalue weighted by Crippen LogP contribution is -2.48. The number of carbonyl (C=O) groups is 2.